The predicted octanol–water partition coefficient (Wildman–Crippen LogP) is 2.17. The second-order valence-electron chi connectivity index (χ2n) is 8.13. The van der Waals surface area contributed by atoms with Crippen molar-refractivity contribution in [2.24, 2.45) is 0 Å². The normalized spacial score (nSPS) is 18.7. The van der Waals surface area contributed by atoms with Gasteiger partial charge in [-0.1, -0.05) is 0 Å². The van der Waals surface area contributed by atoms with Crippen molar-refractivity contribution in [3.63, 3.8) is 0 Å². The van der Waals surface area contributed by atoms with E-state index in [0.717, 1.165) is 17.1 Å². The van der Waals surface area contributed by atoms with Gasteiger partial charge < -0.3 is 25.1 Å². The zero-order valence-electron chi connectivity index (χ0n) is 17.7. The van der Waals surface area contributed by atoms with Gasteiger partial charge >= 0.3 is 6.03 Å². The summed E-state index contributed by atoms with van der Waals surface area (Å²) in [6, 6.07) is 4.21. The number of carbonyl (C=O) groups is 1. The van der Waals surface area contributed by atoms with Crippen LogP contribution in [-0.4, -0.2) is 71.4 Å². The maximum Gasteiger partial charge on any atom is 0.317 e. The van der Waals surface area contributed by atoms with Gasteiger partial charge in [-0.25, -0.2) is 14.2 Å². The monoisotopic (exact) mass is 428 g/mol. The number of piperidine rings is 1. The number of anilines is 2. The molecule has 2 N–H and O–H groups in total. The van der Waals surface area contributed by atoms with Crippen LogP contribution in [0.4, 0.5) is 20.7 Å². The minimum absolute atomic E-state index is 0.157. The Morgan fingerprint density at radius 3 is 2.55 bits per heavy atom. The first-order chi connectivity index (χ1) is 15.0. The molecule has 166 valence electrons. The summed E-state index contributed by atoms with van der Waals surface area (Å²) in [5, 5.41) is 12.8. The summed E-state index contributed by atoms with van der Waals surface area (Å²) in [4.78, 5) is 27.3. The zero-order chi connectivity index (χ0) is 21.8. The molecule has 1 aromatic carbocycles. The number of halogens is 1. The molecule has 2 aromatic rings. The lowest BCUT2D eigenvalue weighted by Crippen LogP contribution is -2.52. The van der Waals surface area contributed by atoms with Crippen LogP contribution in [0.5, 0.6) is 0 Å². The summed E-state index contributed by atoms with van der Waals surface area (Å²) < 4.78 is 14.0. The second kappa shape index (κ2) is 9.47. The number of nitrogens with zero attached hydrogens (tertiary/aromatic N) is 5. The van der Waals surface area contributed by atoms with Crippen LogP contribution >= 0.6 is 0 Å². The lowest BCUT2D eigenvalue weighted by Gasteiger charge is -2.36. The van der Waals surface area contributed by atoms with E-state index < -0.39 is 0 Å². The van der Waals surface area contributed by atoms with E-state index in [-0.39, 0.29) is 24.0 Å². The van der Waals surface area contributed by atoms with E-state index in [2.05, 4.69) is 25.1 Å². The van der Waals surface area contributed by atoms with Crippen molar-refractivity contribution in [1.29, 1.82) is 0 Å². The number of amides is 2. The highest BCUT2D eigenvalue weighted by molar-refractivity contribution is 5.75. The smallest absolute Gasteiger partial charge is 0.317 e. The largest absolute Gasteiger partial charge is 0.393 e. The molecule has 0 aliphatic carbocycles. The first-order valence-electron chi connectivity index (χ1n) is 10.8. The van der Waals surface area contributed by atoms with Gasteiger partial charge in [0.1, 0.15) is 11.6 Å². The van der Waals surface area contributed by atoms with Crippen molar-refractivity contribution in [3.8, 4) is 0 Å². The van der Waals surface area contributed by atoms with Gasteiger partial charge in [-0.05, 0) is 38.0 Å². The van der Waals surface area contributed by atoms with Gasteiger partial charge in [0, 0.05) is 62.9 Å². The maximum atomic E-state index is 14.0. The highest BCUT2D eigenvalue weighted by Crippen LogP contribution is 2.30. The minimum Gasteiger partial charge on any atom is -0.393 e. The van der Waals surface area contributed by atoms with Crippen molar-refractivity contribution in [1.82, 2.24) is 20.2 Å². The number of benzene rings is 1. The average molecular weight is 429 g/mol. The standard InChI is InChI=1S/C22H29FN6O2/c1-16(19-14-17(23)2-3-20(19)27-8-4-18(30)5-9-27)26-22(31)29-12-10-28(11-13-29)21-15-24-6-7-25-21/h2-3,6-7,14-16,18,30H,4-5,8-13H2,1H3,(H,26,31). The molecule has 3 heterocycles. The van der Waals surface area contributed by atoms with Gasteiger partial charge in [0.05, 0.1) is 18.3 Å². The molecule has 2 aliphatic heterocycles. The van der Waals surface area contributed by atoms with Gasteiger partial charge in [-0.2, -0.15) is 0 Å². The molecule has 0 bridgehead atoms. The van der Waals surface area contributed by atoms with E-state index in [1.54, 1.807) is 29.6 Å². The zero-order valence-corrected chi connectivity index (χ0v) is 17.7. The summed E-state index contributed by atoms with van der Waals surface area (Å²) in [7, 11) is 0. The third kappa shape index (κ3) is 5.04. The Morgan fingerprint density at radius 1 is 1.13 bits per heavy atom. The number of piperazine rings is 1. The topological polar surface area (TPSA) is 84.8 Å². The number of aliphatic hydroxyl groups is 1. The third-order valence-electron chi connectivity index (χ3n) is 6.04. The predicted molar refractivity (Wildman–Crippen MR) is 117 cm³/mol. The molecule has 9 heteroatoms. The van der Waals surface area contributed by atoms with Crippen molar-refractivity contribution in [3.05, 3.63) is 48.2 Å². The molecule has 0 saturated carbocycles. The molecular formula is C22H29FN6O2. The Bertz CT molecular complexity index is 883. The van der Waals surface area contributed by atoms with E-state index in [9.17, 15) is 14.3 Å². The third-order valence-corrected chi connectivity index (χ3v) is 6.04. The van der Waals surface area contributed by atoms with Crippen molar-refractivity contribution >= 4 is 17.5 Å². The van der Waals surface area contributed by atoms with E-state index in [1.807, 2.05) is 6.92 Å². The second-order valence-corrected chi connectivity index (χ2v) is 8.13. The first-order valence-corrected chi connectivity index (χ1v) is 10.8. The van der Waals surface area contributed by atoms with Gasteiger partial charge in [-0.15, -0.1) is 0 Å². The van der Waals surface area contributed by atoms with Crippen molar-refractivity contribution in [2.45, 2.75) is 31.9 Å². The molecule has 0 spiro atoms. The minimum atomic E-state index is -0.344. The summed E-state index contributed by atoms with van der Waals surface area (Å²) in [5.74, 6) is 0.487. The van der Waals surface area contributed by atoms with Gasteiger partial charge in [-0.3, -0.25) is 4.98 Å². The fourth-order valence-electron chi connectivity index (χ4n) is 4.21. The van der Waals surface area contributed by atoms with Crippen molar-refractivity contribution in [2.75, 3.05) is 49.1 Å². The maximum absolute atomic E-state index is 14.0. The lowest BCUT2D eigenvalue weighted by molar-refractivity contribution is 0.145. The van der Waals surface area contributed by atoms with Crippen LogP contribution in [0.1, 0.15) is 31.4 Å². The molecule has 2 aliphatic rings. The number of carbonyl (C=O) groups excluding carboxylic acids is 1. The van der Waals surface area contributed by atoms with E-state index >= 15 is 0 Å². The number of hydrogen-bond donors (Lipinski definition) is 2. The average Bonchev–Trinajstić information content (AvgIpc) is 2.80. The molecule has 2 fully saturated rings. The summed E-state index contributed by atoms with van der Waals surface area (Å²) in [5.41, 5.74) is 1.66. The number of hydrogen-bond acceptors (Lipinski definition) is 6. The molecule has 31 heavy (non-hydrogen) atoms. The van der Waals surface area contributed by atoms with Crippen molar-refractivity contribution < 1.29 is 14.3 Å². The van der Waals surface area contributed by atoms with Crippen LogP contribution in [0.3, 0.4) is 0 Å². The molecule has 0 radical (unpaired) electrons. The number of rotatable bonds is 4. The quantitative estimate of drug-likeness (QED) is 0.777. The molecular weight excluding hydrogens is 399 g/mol. The molecule has 1 unspecified atom stereocenters. The van der Waals surface area contributed by atoms with Crippen LogP contribution in [0, 0.1) is 5.82 Å². The van der Waals surface area contributed by atoms with Crippen LogP contribution in [0.25, 0.3) is 0 Å². The molecule has 1 atom stereocenters. The number of aromatic nitrogens is 2. The molecule has 8 nitrogen and oxygen atoms in total. The number of urea groups is 1. The van der Waals surface area contributed by atoms with Gasteiger partial charge in [0.2, 0.25) is 0 Å². The Kier molecular flexibility index (Phi) is 6.50. The Labute approximate surface area is 181 Å². The highest BCUT2D eigenvalue weighted by Gasteiger charge is 2.26. The van der Waals surface area contributed by atoms with E-state index in [0.29, 0.717) is 52.1 Å². The van der Waals surface area contributed by atoms with Gasteiger partial charge in [0.25, 0.3) is 0 Å². The summed E-state index contributed by atoms with van der Waals surface area (Å²) >= 11 is 0. The van der Waals surface area contributed by atoms with Gasteiger partial charge in [0.15, 0.2) is 0 Å². The van der Waals surface area contributed by atoms with Crippen LogP contribution in [0.2, 0.25) is 0 Å². The van der Waals surface area contributed by atoms with E-state index in [4.69, 9.17) is 0 Å². The lowest BCUT2D eigenvalue weighted by atomic mass is 10.0. The highest BCUT2D eigenvalue weighted by atomic mass is 19.1. The summed E-state index contributed by atoms with van der Waals surface area (Å²) in [6.07, 6.45) is 6.12. The Hall–Kier alpha value is -2.94. The molecule has 2 saturated heterocycles. The van der Waals surface area contributed by atoms with Crippen LogP contribution in [0.15, 0.2) is 36.8 Å². The summed E-state index contributed by atoms with van der Waals surface area (Å²) in [6.45, 7) is 5.83. The number of nitrogens with one attached hydrogen (secondary N) is 1. The SMILES string of the molecule is CC(NC(=O)N1CCN(c2cnccn2)CC1)c1cc(F)ccc1N1CCC(O)CC1. The Balaban J connectivity index is 1.38. The molecule has 4 rings (SSSR count). The van der Waals surface area contributed by atoms with Crippen LogP contribution in [-0.2, 0) is 0 Å². The first kappa shape index (κ1) is 21.3. The Morgan fingerprint density at radius 2 is 1.87 bits per heavy atom. The molecule has 1 aromatic heterocycles. The number of aliphatic hydroxyl groups excluding tert-OH is 1. The van der Waals surface area contributed by atoms with Crippen LogP contribution < -0.4 is 15.1 Å². The fraction of sp³-hybridized carbons (Fsp3) is 0.500. The fourth-order valence-corrected chi connectivity index (χ4v) is 4.21. The van der Waals surface area contributed by atoms with E-state index in [1.165, 1.54) is 12.1 Å². The molecule has 2 amide bonds.